The minimum atomic E-state index is -0.195. The summed E-state index contributed by atoms with van der Waals surface area (Å²) in [6, 6.07) is 23.3. The van der Waals surface area contributed by atoms with E-state index in [9.17, 15) is 14.0 Å². The first-order valence-electron chi connectivity index (χ1n) is 21.0. The molecular formula is C45H56FN7O2S. The van der Waals surface area contributed by atoms with E-state index >= 15 is 0 Å². The molecule has 1 N–H and O–H groups in total. The molecule has 296 valence electrons. The van der Waals surface area contributed by atoms with Gasteiger partial charge in [-0.3, -0.25) is 9.59 Å². The monoisotopic (exact) mass is 777 g/mol. The van der Waals surface area contributed by atoms with E-state index in [-0.39, 0.29) is 28.5 Å². The number of nitrogens with zero attached hydrogens (tertiary/aromatic N) is 6. The van der Waals surface area contributed by atoms with Crippen molar-refractivity contribution in [3.8, 4) is 0 Å². The van der Waals surface area contributed by atoms with Crippen LogP contribution in [-0.2, 0) is 20.4 Å². The Morgan fingerprint density at radius 3 is 1.88 bits per heavy atom. The van der Waals surface area contributed by atoms with Gasteiger partial charge in [0.15, 0.2) is 5.13 Å². The smallest absolute Gasteiger partial charge is 0.223 e. The third kappa shape index (κ3) is 7.03. The van der Waals surface area contributed by atoms with Crippen molar-refractivity contribution in [3.05, 3.63) is 83.7 Å². The van der Waals surface area contributed by atoms with Gasteiger partial charge in [-0.1, -0.05) is 41.7 Å². The van der Waals surface area contributed by atoms with E-state index in [1.165, 1.54) is 47.1 Å². The van der Waals surface area contributed by atoms with Crippen molar-refractivity contribution in [2.75, 3.05) is 80.1 Å². The number of hydrogen-bond donors (Lipinski definition) is 1. The first-order chi connectivity index (χ1) is 27.2. The maximum absolute atomic E-state index is 13.9. The lowest BCUT2D eigenvalue weighted by Gasteiger charge is -2.45. The summed E-state index contributed by atoms with van der Waals surface area (Å²) < 4.78 is 15.2. The molecule has 0 saturated carbocycles. The van der Waals surface area contributed by atoms with Gasteiger partial charge in [-0.25, -0.2) is 9.37 Å². The Labute approximate surface area is 334 Å². The Hall–Kier alpha value is -3.90. The first-order valence-corrected chi connectivity index (χ1v) is 21.8. The second kappa shape index (κ2) is 15.5. The number of rotatable bonds is 3. The molecule has 56 heavy (non-hydrogen) atoms. The molecule has 10 rings (SSSR count). The van der Waals surface area contributed by atoms with Gasteiger partial charge >= 0.3 is 0 Å². The SMILES string of the molecule is CC(=O)N1CC2(CCN(C3CCN(c4nc5ccccc5s4)CC3)CC2)c2ccccc21.CC(=O)N1CC2(CCN(C3CCNCC3)CC2)c2cc(F)ccc21. The summed E-state index contributed by atoms with van der Waals surface area (Å²) >= 11 is 1.82. The quantitative estimate of drug-likeness (QED) is 0.242. The Bertz CT molecular complexity index is 2020. The molecule has 0 bridgehead atoms. The van der Waals surface area contributed by atoms with E-state index in [4.69, 9.17) is 4.98 Å². The van der Waals surface area contributed by atoms with Gasteiger partial charge in [0, 0.05) is 74.3 Å². The van der Waals surface area contributed by atoms with Gasteiger partial charge in [0.05, 0.1) is 10.2 Å². The van der Waals surface area contributed by atoms with Gasteiger partial charge in [-0.2, -0.15) is 0 Å². The summed E-state index contributed by atoms with van der Waals surface area (Å²) in [7, 11) is 0. The summed E-state index contributed by atoms with van der Waals surface area (Å²) in [5, 5.41) is 4.60. The average Bonchev–Trinajstić information content (AvgIpc) is 3.90. The number of fused-ring (bicyclic) bond motifs is 5. The predicted octanol–water partition coefficient (Wildman–Crippen LogP) is 6.94. The number of aromatic nitrogens is 1. The number of carbonyl (C=O) groups is 2. The van der Waals surface area contributed by atoms with Crippen LogP contribution in [0.2, 0.25) is 0 Å². The molecule has 6 aliphatic rings. The van der Waals surface area contributed by atoms with Gasteiger partial charge < -0.3 is 29.8 Å². The second-order valence-electron chi connectivity index (χ2n) is 17.2. The Balaban J connectivity index is 0.000000153. The van der Waals surface area contributed by atoms with Crippen molar-refractivity contribution in [2.45, 2.75) is 88.1 Å². The second-order valence-corrected chi connectivity index (χ2v) is 18.2. The van der Waals surface area contributed by atoms with Crippen molar-refractivity contribution in [1.82, 2.24) is 20.1 Å². The molecule has 11 heteroatoms. The highest BCUT2D eigenvalue weighted by molar-refractivity contribution is 7.22. The molecule has 4 saturated heterocycles. The van der Waals surface area contributed by atoms with Crippen LogP contribution in [0, 0.1) is 5.82 Å². The van der Waals surface area contributed by atoms with Crippen LogP contribution >= 0.6 is 11.3 Å². The molecule has 4 fully saturated rings. The van der Waals surface area contributed by atoms with Crippen molar-refractivity contribution in [3.63, 3.8) is 0 Å². The molecule has 0 atom stereocenters. The number of hydrogen-bond acceptors (Lipinski definition) is 8. The van der Waals surface area contributed by atoms with E-state index in [2.05, 4.69) is 68.5 Å². The molecule has 0 radical (unpaired) electrons. The van der Waals surface area contributed by atoms with E-state index in [0.717, 1.165) is 107 Å². The summed E-state index contributed by atoms with van der Waals surface area (Å²) in [6.07, 6.45) is 9.17. The standard InChI is InChI=1S/C26H30N4OS.C19H26FN3O/c1-19(31)30-18-26(21-6-2-4-8-23(21)30)12-16-28(17-13-26)20-10-14-29(15-11-20)25-27-22-7-3-5-9-24(22)32-25;1-14(24)23-13-19(17-12-15(20)2-3-18(17)23)6-10-22(11-7-19)16-4-8-21-9-5-16/h2-9,20H,10-18H2,1H3;2-3,12,16,21H,4-11,13H2,1H3. The molecular weight excluding hydrogens is 722 g/mol. The number of piperidine rings is 4. The summed E-state index contributed by atoms with van der Waals surface area (Å²) in [6.45, 7) is 13.6. The fourth-order valence-electron chi connectivity index (χ4n) is 10.9. The zero-order valence-corrected chi connectivity index (χ0v) is 33.8. The Kier molecular flexibility index (Phi) is 10.4. The number of benzene rings is 3. The minimum Gasteiger partial charge on any atom is -0.348 e. The molecule has 0 unspecified atom stereocenters. The molecule has 0 aliphatic carbocycles. The number of nitrogens with one attached hydrogen (secondary N) is 1. The fraction of sp³-hybridized carbons (Fsp3) is 0.533. The molecule has 2 amide bonds. The lowest BCUT2D eigenvalue weighted by atomic mass is 9.74. The van der Waals surface area contributed by atoms with Gasteiger partial charge in [0.25, 0.3) is 0 Å². The highest BCUT2D eigenvalue weighted by Crippen LogP contribution is 2.49. The van der Waals surface area contributed by atoms with Crippen LogP contribution in [0.25, 0.3) is 10.2 Å². The molecule has 7 heterocycles. The average molecular weight is 778 g/mol. The van der Waals surface area contributed by atoms with Crippen LogP contribution in [0.15, 0.2) is 66.7 Å². The number of likely N-dealkylation sites (tertiary alicyclic amines) is 2. The number of halogens is 1. The zero-order chi connectivity index (χ0) is 38.4. The third-order valence-corrected chi connectivity index (χ3v) is 15.2. The van der Waals surface area contributed by atoms with Crippen molar-refractivity contribution in [1.29, 1.82) is 0 Å². The maximum atomic E-state index is 13.9. The number of thiazole rings is 1. The van der Waals surface area contributed by atoms with E-state index < -0.39 is 0 Å². The van der Waals surface area contributed by atoms with Crippen molar-refractivity contribution < 1.29 is 14.0 Å². The Morgan fingerprint density at radius 2 is 1.25 bits per heavy atom. The van der Waals surface area contributed by atoms with Gasteiger partial charge in [0.2, 0.25) is 11.8 Å². The summed E-state index contributed by atoms with van der Waals surface area (Å²) in [5.74, 6) is 0.0267. The van der Waals surface area contributed by atoms with Gasteiger partial charge in [-0.05, 0) is 138 Å². The number of para-hydroxylation sites is 2. The summed E-state index contributed by atoms with van der Waals surface area (Å²) in [5.41, 5.74) is 5.68. The normalized spacial score (nSPS) is 22.7. The van der Waals surface area contributed by atoms with E-state index in [0.29, 0.717) is 18.6 Å². The number of carbonyl (C=O) groups excluding carboxylic acids is 2. The van der Waals surface area contributed by atoms with Crippen LogP contribution < -0.4 is 20.0 Å². The third-order valence-electron chi connectivity index (χ3n) is 14.1. The highest BCUT2D eigenvalue weighted by atomic mass is 32.1. The minimum absolute atomic E-state index is 0.0560. The molecule has 3 aromatic carbocycles. The van der Waals surface area contributed by atoms with E-state index in [1.807, 2.05) is 21.1 Å². The van der Waals surface area contributed by atoms with Crippen molar-refractivity contribution in [2.24, 2.45) is 0 Å². The van der Waals surface area contributed by atoms with Crippen LogP contribution in [0.3, 0.4) is 0 Å². The largest absolute Gasteiger partial charge is 0.348 e. The molecule has 4 aromatic rings. The molecule has 6 aliphatic heterocycles. The van der Waals surface area contributed by atoms with E-state index in [1.54, 1.807) is 26.0 Å². The van der Waals surface area contributed by atoms with Crippen LogP contribution in [0.5, 0.6) is 0 Å². The first kappa shape index (κ1) is 37.7. The summed E-state index contributed by atoms with van der Waals surface area (Å²) in [4.78, 5) is 40.8. The molecule has 2 spiro atoms. The maximum Gasteiger partial charge on any atom is 0.223 e. The van der Waals surface area contributed by atoms with Crippen LogP contribution in [0.4, 0.5) is 20.9 Å². The topological polar surface area (TPSA) is 75.3 Å². The predicted molar refractivity (Wildman–Crippen MR) is 225 cm³/mol. The van der Waals surface area contributed by atoms with Gasteiger partial charge in [-0.15, -0.1) is 0 Å². The highest BCUT2D eigenvalue weighted by Gasteiger charge is 2.48. The Morgan fingerprint density at radius 1 is 0.696 bits per heavy atom. The molecule has 9 nitrogen and oxygen atoms in total. The number of amides is 2. The zero-order valence-electron chi connectivity index (χ0n) is 33.0. The van der Waals surface area contributed by atoms with Gasteiger partial charge in [0.1, 0.15) is 5.82 Å². The van der Waals surface area contributed by atoms with Crippen LogP contribution in [0.1, 0.15) is 76.3 Å². The number of anilines is 3. The van der Waals surface area contributed by atoms with Crippen molar-refractivity contribution >= 4 is 49.9 Å². The lowest BCUT2D eigenvalue weighted by molar-refractivity contribution is -0.117. The molecule has 1 aromatic heterocycles. The lowest BCUT2D eigenvalue weighted by Crippen LogP contribution is -2.51. The fourth-order valence-corrected chi connectivity index (χ4v) is 11.9. The van der Waals surface area contributed by atoms with Crippen LogP contribution in [-0.4, -0.2) is 104 Å².